The molecule has 13 heteroatoms. The molecule has 2 aromatic carbocycles. The summed E-state index contributed by atoms with van der Waals surface area (Å²) in [7, 11) is 3.76. The number of aryl methyl sites for hydroxylation is 2. The molecule has 1 aromatic heterocycles. The maximum Gasteiger partial charge on any atom is 0.490 e. The summed E-state index contributed by atoms with van der Waals surface area (Å²) in [6.45, 7) is 4.62. The number of hydrogen-bond donors (Lipinski definition) is 3. The number of alkyl halides is 3. The van der Waals surface area contributed by atoms with Gasteiger partial charge in [0.15, 0.2) is 0 Å². The minimum absolute atomic E-state index is 0.110. The number of amides is 1. The third-order valence-electron chi connectivity index (χ3n) is 5.61. The SMILES string of the molecule is Cc1nn(C)c(C)c1CCN(C)c1ccc(NC(=O)c2ccccc2Cl)cc1C(=O)O.O=C(O)C(F)(F)F. The van der Waals surface area contributed by atoms with E-state index in [1.807, 2.05) is 37.5 Å². The molecule has 9 nitrogen and oxygen atoms in total. The average molecular weight is 555 g/mol. The lowest BCUT2D eigenvalue weighted by atomic mass is 10.1. The summed E-state index contributed by atoms with van der Waals surface area (Å²) in [5.41, 5.74) is 4.63. The van der Waals surface area contributed by atoms with Crippen LogP contribution in [0, 0.1) is 13.8 Å². The van der Waals surface area contributed by atoms with Crippen LogP contribution in [0.1, 0.15) is 37.7 Å². The first-order valence-corrected chi connectivity index (χ1v) is 11.4. The van der Waals surface area contributed by atoms with Crippen molar-refractivity contribution in [2.45, 2.75) is 26.4 Å². The largest absolute Gasteiger partial charge is 0.490 e. The Morgan fingerprint density at radius 2 is 1.68 bits per heavy atom. The van der Waals surface area contributed by atoms with E-state index in [2.05, 4.69) is 10.4 Å². The van der Waals surface area contributed by atoms with Gasteiger partial charge in [-0.25, -0.2) is 9.59 Å². The molecule has 3 aromatic rings. The fraction of sp³-hybridized carbons (Fsp3) is 0.280. The topological polar surface area (TPSA) is 125 Å². The predicted molar refractivity (Wildman–Crippen MR) is 136 cm³/mol. The molecule has 204 valence electrons. The molecule has 0 fully saturated rings. The molecule has 0 aliphatic carbocycles. The highest BCUT2D eigenvalue weighted by molar-refractivity contribution is 6.34. The molecule has 1 heterocycles. The number of aliphatic carboxylic acids is 1. The summed E-state index contributed by atoms with van der Waals surface area (Å²) in [5.74, 6) is -4.22. The summed E-state index contributed by atoms with van der Waals surface area (Å²) < 4.78 is 33.6. The first-order chi connectivity index (χ1) is 17.6. The molecular weight excluding hydrogens is 529 g/mol. The van der Waals surface area contributed by atoms with Crippen molar-refractivity contribution in [1.29, 1.82) is 0 Å². The Hall–Kier alpha value is -4.06. The number of aromatic carboxylic acids is 1. The van der Waals surface area contributed by atoms with Gasteiger partial charge in [-0.05, 0) is 56.2 Å². The monoisotopic (exact) mass is 554 g/mol. The van der Waals surface area contributed by atoms with E-state index in [0.29, 0.717) is 28.5 Å². The first-order valence-electron chi connectivity index (χ1n) is 11.1. The summed E-state index contributed by atoms with van der Waals surface area (Å²) in [6, 6.07) is 11.5. The zero-order valence-corrected chi connectivity index (χ0v) is 21.7. The second-order valence-electron chi connectivity index (χ2n) is 8.22. The molecule has 1 amide bonds. The fourth-order valence-electron chi connectivity index (χ4n) is 3.54. The van der Waals surface area contributed by atoms with Gasteiger partial charge in [0.05, 0.1) is 27.5 Å². The molecule has 0 atom stereocenters. The highest BCUT2D eigenvalue weighted by Gasteiger charge is 2.38. The van der Waals surface area contributed by atoms with E-state index in [1.54, 1.807) is 36.4 Å². The van der Waals surface area contributed by atoms with E-state index in [-0.39, 0.29) is 5.56 Å². The Balaban J connectivity index is 0.000000638. The van der Waals surface area contributed by atoms with Crippen LogP contribution in [0.3, 0.4) is 0 Å². The number of anilines is 2. The quantitative estimate of drug-likeness (QED) is 0.377. The molecule has 3 N–H and O–H groups in total. The summed E-state index contributed by atoms with van der Waals surface area (Å²) >= 11 is 6.08. The molecule has 0 unspecified atom stereocenters. The second kappa shape index (κ2) is 12.5. The van der Waals surface area contributed by atoms with Gasteiger partial charge in [-0.2, -0.15) is 18.3 Å². The van der Waals surface area contributed by atoms with E-state index in [0.717, 1.165) is 23.4 Å². The Morgan fingerprint density at radius 1 is 1.08 bits per heavy atom. The highest BCUT2D eigenvalue weighted by atomic mass is 35.5. The van der Waals surface area contributed by atoms with Crippen LogP contribution in [0.25, 0.3) is 0 Å². The average Bonchev–Trinajstić information content (AvgIpc) is 3.07. The maximum atomic E-state index is 12.5. The molecule has 38 heavy (non-hydrogen) atoms. The number of nitrogens with one attached hydrogen (secondary N) is 1. The van der Waals surface area contributed by atoms with Crippen LogP contribution in [0.2, 0.25) is 5.02 Å². The van der Waals surface area contributed by atoms with Crippen LogP contribution in [-0.4, -0.2) is 57.6 Å². The van der Waals surface area contributed by atoms with Crippen molar-refractivity contribution >= 4 is 40.8 Å². The third-order valence-corrected chi connectivity index (χ3v) is 5.94. The number of aromatic nitrogens is 2. The number of benzene rings is 2. The van der Waals surface area contributed by atoms with Crippen molar-refractivity contribution < 1.29 is 37.8 Å². The van der Waals surface area contributed by atoms with Gasteiger partial charge >= 0.3 is 18.1 Å². The van der Waals surface area contributed by atoms with E-state index in [1.165, 1.54) is 6.07 Å². The molecule has 0 aliphatic heterocycles. The predicted octanol–water partition coefficient (Wildman–Crippen LogP) is 4.95. The Kier molecular flexibility index (Phi) is 9.89. The first kappa shape index (κ1) is 30.2. The third kappa shape index (κ3) is 7.72. The summed E-state index contributed by atoms with van der Waals surface area (Å²) in [5, 5.41) is 24.3. The number of rotatable bonds is 7. The number of carboxylic acid groups (broad SMARTS) is 2. The van der Waals surface area contributed by atoms with Crippen molar-refractivity contribution in [1.82, 2.24) is 9.78 Å². The van der Waals surface area contributed by atoms with Gasteiger partial charge in [-0.3, -0.25) is 9.48 Å². The molecule has 3 rings (SSSR count). The fourth-order valence-corrected chi connectivity index (χ4v) is 3.76. The molecule has 0 radical (unpaired) electrons. The molecule has 0 saturated heterocycles. The van der Waals surface area contributed by atoms with Crippen LogP contribution in [0.5, 0.6) is 0 Å². The van der Waals surface area contributed by atoms with Gasteiger partial charge in [0, 0.05) is 32.0 Å². The zero-order valence-electron chi connectivity index (χ0n) is 20.9. The van der Waals surface area contributed by atoms with Gasteiger partial charge in [0.25, 0.3) is 5.91 Å². The van der Waals surface area contributed by atoms with Crippen molar-refractivity contribution in [3.05, 3.63) is 75.6 Å². The molecule has 0 aliphatic rings. The number of carboxylic acids is 2. The molecule has 0 spiro atoms. The second-order valence-corrected chi connectivity index (χ2v) is 8.63. The van der Waals surface area contributed by atoms with Crippen LogP contribution in [-0.2, 0) is 18.3 Å². The number of nitrogens with zero attached hydrogens (tertiary/aromatic N) is 3. The van der Waals surface area contributed by atoms with Crippen molar-refractivity contribution in [2.24, 2.45) is 7.05 Å². The number of carbonyl (C=O) groups excluding carboxylic acids is 1. The van der Waals surface area contributed by atoms with Gasteiger partial charge in [-0.15, -0.1) is 0 Å². The van der Waals surface area contributed by atoms with E-state index >= 15 is 0 Å². The highest BCUT2D eigenvalue weighted by Crippen LogP contribution is 2.26. The standard InChI is InChI=1S/C23H25ClN4O3.C2HF3O2/c1-14-17(15(2)28(4)26-14)11-12-27(3)21-10-9-16(13-19(21)23(30)31)25-22(29)18-7-5-6-8-20(18)24;3-2(4,5)1(6)7/h5-10,13H,11-12H2,1-4H3,(H,25,29)(H,30,31);(H,6,7). The lowest BCUT2D eigenvalue weighted by Gasteiger charge is -2.22. The van der Waals surface area contributed by atoms with Gasteiger partial charge < -0.3 is 20.4 Å². The molecular formula is C25H26ClF3N4O5. The molecule has 0 saturated carbocycles. The summed E-state index contributed by atoms with van der Waals surface area (Å²) in [6.07, 6.45) is -4.34. The minimum atomic E-state index is -5.08. The Labute approximate surface area is 221 Å². The normalized spacial score (nSPS) is 10.8. The number of likely N-dealkylation sites (N-methyl/N-ethyl adjacent to an activating group) is 1. The zero-order chi connectivity index (χ0) is 28.8. The van der Waals surface area contributed by atoms with E-state index in [4.69, 9.17) is 21.5 Å². The van der Waals surface area contributed by atoms with Crippen molar-refractivity contribution in [3.8, 4) is 0 Å². The van der Waals surface area contributed by atoms with Gasteiger partial charge in [0.1, 0.15) is 0 Å². The Bertz CT molecular complexity index is 1340. The van der Waals surface area contributed by atoms with Gasteiger partial charge in [0.2, 0.25) is 0 Å². The minimum Gasteiger partial charge on any atom is -0.478 e. The van der Waals surface area contributed by atoms with Gasteiger partial charge in [-0.1, -0.05) is 23.7 Å². The van der Waals surface area contributed by atoms with Crippen LogP contribution in [0.15, 0.2) is 42.5 Å². The van der Waals surface area contributed by atoms with Crippen molar-refractivity contribution in [2.75, 3.05) is 23.8 Å². The van der Waals surface area contributed by atoms with Crippen LogP contribution < -0.4 is 10.2 Å². The van der Waals surface area contributed by atoms with Crippen molar-refractivity contribution in [3.63, 3.8) is 0 Å². The number of hydrogen-bond acceptors (Lipinski definition) is 5. The lowest BCUT2D eigenvalue weighted by Crippen LogP contribution is -2.23. The Morgan fingerprint density at radius 3 is 2.18 bits per heavy atom. The number of carbonyl (C=O) groups is 3. The lowest BCUT2D eigenvalue weighted by molar-refractivity contribution is -0.192. The van der Waals surface area contributed by atoms with E-state index in [9.17, 15) is 27.9 Å². The molecule has 0 bridgehead atoms. The summed E-state index contributed by atoms with van der Waals surface area (Å²) in [4.78, 5) is 35.2. The van der Waals surface area contributed by atoms with Crippen LogP contribution >= 0.6 is 11.6 Å². The van der Waals surface area contributed by atoms with Crippen LogP contribution in [0.4, 0.5) is 24.5 Å². The van der Waals surface area contributed by atoms with E-state index < -0.39 is 24.0 Å². The smallest absolute Gasteiger partial charge is 0.478 e. The number of halogens is 4. The maximum absolute atomic E-state index is 12.5.